The van der Waals surface area contributed by atoms with Gasteiger partial charge in [0.1, 0.15) is 0 Å². The van der Waals surface area contributed by atoms with Gasteiger partial charge in [-0.05, 0) is 12.1 Å². The Morgan fingerprint density at radius 3 is 2.72 bits per heavy atom. The van der Waals surface area contributed by atoms with Gasteiger partial charge in [-0.25, -0.2) is 4.39 Å². The topological polar surface area (TPSA) is 47.0 Å². The molecule has 2 rings (SSSR count). The minimum atomic E-state index is -0.444. The van der Waals surface area contributed by atoms with Gasteiger partial charge in [0.05, 0.1) is 12.8 Å². The van der Waals surface area contributed by atoms with Gasteiger partial charge < -0.3 is 10.1 Å². The van der Waals surface area contributed by atoms with E-state index in [-0.39, 0.29) is 16.1 Å². The van der Waals surface area contributed by atoms with E-state index in [4.69, 9.17) is 27.9 Å². The summed E-state index contributed by atoms with van der Waals surface area (Å²) >= 11 is 11.6. The van der Waals surface area contributed by atoms with Crippen LogP contribution in [0.2, 0.25) is 10.3 Å². The second-order valence-electron chi connectivity index (χ2n) is 3.35. The van der Waals surface area contributed by atoms with Crippen LogP contribution in [0.15, 0.2) is 24.3 Å². The fourth-order valence-corrected chi connectivity index (χ4v) is 1.62. The molecule has 0 aliphatic rings. The van der Waals surface area contributed by atoms with E-state index < -0.39 is 5.82 Å². The summed E-state index contributed by atoms with van der Waals surface area (Å²) < 4.78 is 18.1. The zero-order chi connectivity index (χ0) is 13.1. The van der Waals surface area contributed by atoms with E-state index in [0.29, 0.717) is 11.4 Å². The molecular weight excluding hydrogens is 280 g/mol. The van der Waals surface area contributed by atoms with Gasteiger partial charge in [-0.2, -0.15) is 0 Å². The molecule has 7 heteroatoms. The van der Waals surface area contributed by atoms with Gasteiger partial charge in [0.25, 0.3) is 0 Å². The van der Waals surface area contributed by atoms with Crippen molar-refractivity contribution in [3.63, 3.8) is 0 Å². The number of nitrogens with one attached hydrogen (secondary N) is 1. The monoisotopic (exact) mass is 287 g/mol. The van der Waals surface area contributed by atoms with Crippen molar-refractivity contribution < 1.29 is 9.13 Å². The van der Waals surface area contributed by atoms with Crippen LogP contribution in [-0.4, -0.2) is 17.3 Å². The second-order valence-corrected chi connectivity index (χ2v) is 4.09. The summed E-state index contributed by atoms with van der Waals surface area (Å²) in [5.74, 6) is -0.315. The van der Waals surface area contributed by atoms with Gasteiger partial charge >= 0.3 is 0 Å². The highest BCUT2D eigenvalue weighted by molar-refractivity contribution is 6.33. The first-order valence-corrected chi connectivity index (χ1v) is 5.65. The number of benzene rings is 1. The Morgan fingerprint density at radius 1 is 1.22 bits per heavy atom. The van der Waals surface area contributed by atoms with Crippen molar-refractivity contribution in [3.8, 4) is 5.75 Å². The summed E-state index contributed by atoms with van der Waals surface area (Å²) in [7, 11) is 1.39. The highest BCUT2D eigenvalue weighted by atomic mass is 35.5. The molecule has 1 aromatic heterocycles. The normalized spacial score (nSPS) is 10.2. The molecule has 1 heterocycles. The zero-order valence-electron chi connectivity index (χ0n) is 9.25. The maximum Gasteiger partial charge on any atom is 0.175 e. The first kappa shape index (κ1) is 12.9. The van der Waals surface area contributed by atoms with Crippen LogP contribution < -0.4 is 10.1 Å². The molecule has 0 radical (unpaired) electrons. The van der Waals surface area contributed by atoms with Crippen LogP contribution in [0.1, 0.15) is 0 Å². The molecule has 94 valence electrons. The third-order valence-electron chi connectivity index (χ3n) is 2.15. The Labute approximate surface area is 113 Å². The van der Waals surface area contributed by atoms with Crippen LogP contribution in [0.5, 0.6) is 5.75 Å². The van der Waals surface area contributed by atoms with Gasteiger partial charge in [0, 0.05) is 17.8 Å². The highest BCUT2D eigenvalue weighted by Gasteiger charge is 2.07. The van der Waals surface area contributed by atoms with Crippen LogP contribution in [0, 0.1) is 5.82 Å². The molecule has 18 heavy (non-hydrogen) atoms. The number of rotatable bonds is 3. The maximum atomic E-state index is 13.2. The van der Waals surface area contributed by atoms with Crippen LogP contribution in [-0.2, 0) is 0 Å². The fourth-order valence-electron chi connectivity index (χ4n) is 1.33. The van der Waals surface area contributed by atoms with E-state index >= 15 is 0 Å². The van der Waals surface area contributed by atoms with Crippen molar-refractivity contribution in [3.05, 3.63) is 40.4 Å². The molecule has 0 unspecified atom stereocenters. The lowest BCUT2D eigenvalue weighted by atomic mass is 10.3. The number of aromatic nitrogens is 2. The summed E-state index contributed by atoms with van der Waals surface area (Å²) in [5.41, 5.74) is 1.07. The predicted octanol–water partition coefficient (Wildman–Crippen LogP) is 3.67. The molecule has 0 spiro atoms. The van der Waals surface area contributed by atoms with Crippen molar-refractivity contribution >= 4 is 34.6 Å². The van der Waals surface area contributed by atoms with E-state index in [1.807, 2.05) is 0 Å². The Morgan fingerprint density at radius 2 is 2.00 bits per heavy atom. The van der Waals surface area contributed by atoms with Crippen molar-refractivity contribution in [2.45, 2.75) is 0 Å². The first-order valence-electron chi connectivity index (χ1n) is 4.89. The third-order valence-corrected chi connectivity index (χ3v) is 2.61. The Bertz CT molecular complexity index is 580. The van der Waals surface area contributed by atoms with Crippen molar-refractivity contribution in [2.75, 3.05) is 12.4 Å². The number of halogens is 3. The lowest BCUT2D eigenvalue weighted by Crippen LogP contribution is -1.96. The van der Waals surface area contributed by atoms with E-state index in [1.165, 1.54) is 25.3 Å². The number of methoxy groups -OCH3 is 1. The van der Waals surface area contributed by atoms with Crippen molar-refractivity contribution in [1.29, 1.82) is 0 Å². The molecule has 2 aromatic rings. The number of hydrogen-bond acceptors (Lipinski definition) is 4. The SMILES string of the molecule is COc1cc(Nc2cc(Cl)nnc2Cl)ccc1F. The number of hydrogen-bond donors (Lipinski definition) is 1. The molecule has 0 amide bonds. The lowest BCUT2D eigenvalue weighted by Gasteiger charge is -2.09. The summed E-state index contributed by atoms with van der Waals surface area (Å²) in [4.78, 5) is 0. The van der Waals surface area contributed by atoms with Gasteiger partial charge in [-0.1, -0.05) is 23.2 Å². The zero-order valence-corrected chi connectivity index (χ0v) is 10.8. The van der Waals surface area contributed by atoms with Gasteiger partial charge in [0.2, 0.25) is 0 Å². The van der Waals surface area contributed by atoms with Gasteiger partial charge in [0.15, 0.2) is 21.9 Å². The molecule has 0 fully saturated rings. The maximum absolute atomic E-state index is 13.2. The summed E-state index contributed by atoms with van der Waals surface area (Å²) in [5, 5.41) is 10.6. The Hall–Kier alpha value is -1.59. The minimum Gasteiger partial charge on any atom is -0.494 e. The van der Waals surface area contributed by atoms with Gasteiger partial charge in [-0.3, -0.25) is 0 Å². The Balaban J connectivity index is 2.31. The number of nitrogens with zero attached hydrogens (tertiary/aromatic N) is 2. The van der Waals surface area contributed by atoms with E-state index in [9.17, 15) is 4.39 Å². The van der Waals surface area contributed by atoms with Crippen molar-refractivity contribution in [1.82, 2.24) is 10.2 Å². The summed E-state index contributed by atoms with van der Waals surface area (Å²) in [6.45, 7) is 0. The van der Waals surface area contributed by atoms with Crippen LogP contribution in [0.3, 0.4) is 0 Å². The molecule has 0 aliphatic heterocycles. The number of ether oxygens (including phenoxy) is 1. The molecule has 1 aromatic carbocycles. The smallest absolute Gasteiger partial charge is 0.175 e. The molecule has 0 bridgehead atoms. The van der Waals surface area contributed by atoms with Crippen molar-refractivity contribution in [2.24, 2.45) is 0 Å². The molecule has 0 saturated carbocycles. The summed E-state index contributed by atoms with van der Waals surface area (Å²) in [6, 6.07) is 5.85. The van der Waals surface area contributed by atoms with E-state index in [2.05, 4.69) is 15.5 Å². The molecule has 4 nitrogen and oxygen atoms in total. The fraction of sp³-hybridized carbons (Fsp3) is 0.0909. The average molecular weight is 288 g/mol. The number of anilines is 2. The van der Waals surface area contributed by atoms with Crippen LogP contribution >= 0.6 is 23.2 Å². The molecule has 1 N–H and O–H groups in total. The van der Waals surface area contributed by atoms with E-state index in [0.717, 1.165) is 0 Å². The standard InChI is InChI=1S/C11H8Cl2FN3O/c1-18-9-4-6(2-3-7(9)14)15-8-5-10(12)16-17-11(8)13/h2-5H,1H3,(H,15,16). The third kappa shape index (κ3) is 2.80. The Kier molecular flexibility index (Phi) is 3.84. The predicted molar refractivity (Wildman–Crippen MR) is 68.3 cm³/mol. The second kappa shape index (κ2) is 5.37. The quantitative estimate of drug-likeness (QED) is 0.936. The van der Waals surface area contributed by atoms with Gasteiger partial charge in [-0.15, -0.1) is 10.2 Å². The largest absolute Gasteiger partial charge is 0.494 e. The first-order chi connectivity index (χ1) is 8.60. The molecule has 0 atom stereocenters. The minimum absolute atomic E-state index is 0.129. The lowest BCUT2D eigenvalue weighted by molar-refractivity contribution is 0.387. The van der Waals surface area contributed by atoms with Crippen LogP contribution in [0.25, 0.3) is 0 Å². The highest BCUT2D eigenvalue weighted by Crippen LogP contribution is 2.28. The van der Waals surface area contributed by atoms with Crippen LogP contribution in [0.4, 0.5) is 15.8 Å². The molecule has 0 aliphatic carbocycles. The molecule has 0 saturated heterocycles. The van der Waals surface area contributed by atoms with E-state index in [1.54, 1.807) is 6.07 Å². The summed E-state index contributed by atoms with van der Waals surface area (Å²) in [6.07, 6.45) is 0. The average Bonchev–Trinajstić information content (AvgIpc) is 2.36. The molecular formula is C11H8Cl2FN3O.